The van der Waals surface area contributed by atoms with Gasteiger partial charge in [-0.15, -0.1) is 0 Å². The second kappa shape index (κ2) is 20.8. The van der Waals surface area contributed by atoms with E-state index in [1.54, 1.807) is 0 Å². The van der Waals surface area contributed by atoms with E-state index in [0.29, 0.717) is 5.92 Å². The van der Waals surface area contributed by atoms with Crippen LogP contribution < -0.4 is 14.7 Å². The molecule has 3 nitrogen and oxygen atoms in total. The summed E-state index contributed by atoms with van der Waals surface area (Å²) in [5.74, 6) is 0.593. The Labute approximate surface area is 431 Å². The minimum atomic E-state index is 0.239. The molecule has 1 aliphatic rings. The van der Waals surface area contributed by atoms with Crippen molar-refractivity contribution in [3.05, 3.63) is 301 Å². The third-order valence-electron chi connectivity index (χ3n) is 14.1. The number of benzene rings is 10. The SMILES string of the molecule is Cc1ccc(N(c2ccc(C)cc2-c2ccc(N(c3ccccc3)c3ccccc3)cc2)c2ccc(C)cc2-c2ccc(N(c3ccccc3)c3ccccc3)cc2)c(C2=CC(c3ccccc3)C(C)C=C2)c1. The number of rotatable bonds is 13. The molecule has 2 unspecified atom stereocenters. The van der Waals surface area contributed by atoms with Crippen molar-refractivity contribution in [1.82, 2.24) is 0 Å². The molecule has 0 fully saturated rings. The molecule has 0 bridgehead atoms. The van der Waals surface area contributed by atoms with E-state index in [4.69, 9.17) is 0 Å². The molecule has 10 aromatic carbocycles. The first-order valence-corrected chi connectivity index (χ1v) is 25.4. The van der Waals surface area contributed by atoms with E-state index in [9.17, 15) is 0 Å². The molecule has 0 aromatic heterocycles. The first-order valence-electron chi connectivity index (χ1n) is 25.4. The van der Waals surface area contributed by atoms with Crippen molar-refractivity contribution in [3.8, 4) is 22.3 Å². The number of hydrogen-bond acceptors (Lipinski definition) is 3. The Balaban J connectivity index is 1.09. The van der Waals surface area contributed by atoms with E-state index in [0.717, 1.165) is 73.4 Å². The van der Waals surface area contributed by atoms with Crippen LogP contribution in [0.5, 0.6) is 0 Å². The smallest absolute Gasteiger partial charge is 0.0540 e. The summed E-state index contributed by atoms with van der Waals surface area (Å²) in [6, 6.07) is 92.5. The van der Waals surface area contributed by atoms with Crippen LogP contribution in [-0.4, -0.2) is 0 Å². The van der Waals surface area contributed by atoms with Crippen LogP contribution in [0.15, 0.2) is 273 Å². The standard InChI is InChI=1S/C70H59N3/c1-50-30-43-68(65(46-50)55-35-39-62(40-36-55)71(58-22-12-6-13-23-58)59-24-14-7-15-25-59)73(70-45-32-52(3)48-67(70)57-34-33-53(4)64(49-57)54-20-10-5-11-21-54)69-44-31-51(2)47-66(69)56-37-41-63(42-38-56)72(60-26-16-8-17-27-60)61-28-18-9-19-29-61/h5-49,53,64H,1-4H3. The number of allylic oxidation sites excluding steroid dienone is 4. The van der Waals surface area contributed by atoms with Gasteiger partial charge in [0, 0.05) is 56.7 Å². The van der Waals surface area contributed by atoms with Crippen molar-refractivity contribution in [2.24, 2.45) is 5.92 Å². The van der Waals surface area contributed by atoms with Crippen LogP contribution in [0.1, 0.15) is 40.7 Å². The summed E-state index contributed by atoms with van der Waals surface area (Å²) >= 11 is 0. The van der Waals surface area contributed by atoms with Crippen LogP contribution in [0, 0.1) is 26.7 Å². The zero-order valence-corrected chi connectivity index (χ0v) is 42.0. The number of para-hydroxylation sites is 4. The molecular weight excluding hydrogens is 883 g/mol. The zero-order chi connectivity index (χ0) is 49.7. The van der Waals surface area contributed by atoms with Crippen molar-refractivity contribution in [2.45, 2.75) is 33.6 Å². The number of nitrogens with zero attached hydrogens (tertiary/aromatic N) is 3. The summed E-state index contributed by atoms with van der Waals surface area (Å²) in [4.78, 5) is 7.18. The normalized spacial score (nSPS) is 14.1. The molecule has 10 aromatic rings. The molecule has 11 rings (SSSR count). The molecule has 0 saturated heterocycles. The Morgan fingerprint density at radius 3 is 1.03 bits per heavy atom. The van der Waals surface area contributed by atoms with Gasteiger partial charge in [0.05, 0.1) is 17.1 Å². The number of aryl methyl sites for hydroxylation is 3. The summed E-state index contributed by atoms with van der Waals surface area (Å²) in [7, 11) is 0. The monoisotopic (exact) mass is 941 g/mol. The topological polar surface area (TPSA) is 9.72 Å². The van der Waals surface area contributed by atoms with Gasteiger partial charge in [0.1, 0.15) is 0 Å². The Hall–Kier alpha value is -8.92. The lowest BCUT2D eigenvalue weighted by Gasteiger charge is -2.33. The molecule has 0 N–H and O–H groups in total. The Bertz CT molecular complexity index is 3280. The van der Waals surface area contributed by atoms with Gasteiger partial charge < -0.3 is 14.7 Å². The van der Waals surface area contributed by atoms with Gasteiger partial charge in [0.25, 0.3) is 0 Å². The first kappa shape index (κ1) is 46.5. The fourth-order valence-corrected chi connectivity index (χ4v) is 10.4. The molecule has 1 aliphatic carbocycles. The minimum Gasteiger partial charge on any atom is -0.311 e. The van der Waals surface area contributed by atoms with Crippen LogP contribution in [0.4, 0.5) is 51.2 Å². The van der Waals surface area contributed by atoms with Crippen LogP contribution in [0.3, 0.4) is 0 Å². The van der Waals surface area contributed by atoms with Gasteiger partial charge in [-0.3, -0.25) is 0 Å². The average molecular weight is 942 g/mol. The van der Waals surface area contributed by atoms with Crippen LogP contribution in [0.2, 0.25) is 0 Å². The molecule has 0 radical (unpaired) electrons. The lowest BCUT2D eigenvalue weighted by atomic mass is 9.80. The maximum Gasteiger partial charge on any atom is 0.0540 e. The second-order valence-corrected chi connectivity index (χ2v) is 19.3. The Kier molecular flexibility index (Phi) is 13.2. The van der Waals surface area contributed by atoms with E-state index in [1.807, 2.05) is 0 Å². The van der Waals surface area contributed by atoms with Gasteiger partial charge in [-0.05, 0) is 158 Å². The van der Waals surface area contributed by atoms with E-state index in [1.165, 1.54) is 33.4 Å². The largest absolute Gasteiger partial charge is 0.311 e. The molecular formula is C70H59N3. The van der Waals surface area contributed by atoms with Crippen LogP contribution in [0.25, 0.3) is 27.8 Å². The highest BCUT2D eigenvalue weighted by Gasteiger charge is 2.27. The third-order valence-corrected chi connectivity index (χ3v) is 14.1. The Morgan fingerprint density at radius 1 is 0.315 bits per heavy atom. The fraction of sp³-hybridized carbons (Fsp3) is 0.0857. The summed E-state index contributed by atoms with van der Waals surface area (Å²) in [5.41, 5.74) is 21.8. The van der Waals surface area contributed by atoms with Crippen molar-refractivity contribution in [1.29, 1.82) is 0 Å². The van der Waals surface area contributed by atoms with E-state index in [2.05, 4.69) is 315 Å². The van der Waals surface area contributed by atoms with E-state index < -0.39 is 0 Å². The van der Waals surface area contributed by atoms with Gasteiger partial charge in [-0.25, -0.2) is 0 Å². The predicted molar refractivity (Wildman–Crippen MR) is 311 cm³/mol. The van der Waals surface area contributed by atoms with Gasteiger partial charge in [0.2, 0.25) is 0 Å². The molecule has 3 heteroatoms. The van der Waals surface area contributed by atoms with E-state index >= 15 is 0 Å². The second-order valence-electron chi connectivity index (χ2n) is 19.3. The van der Waals surface area contributed by atoms with Crippen molar-refractivity contribution < 1.29 is 0 Å². The van der Waals surface area contributed by atoms with Crippen molar-refractivity contribution in [2.75, 3.05) is 14.7 Å². The molecule has 0 amide bonds. The van der Waals surface area contributed by atoms with Gasteiger partial charge >= 0.3 is 0 Å². The quantitative estimate of drug-likeness (QED) is 0.114. The highest BCUT2D eigenvalue weighted by molar-refractivity contribution is 5.98. The summed E-state index contributed by atoms with van der Waals surface area (Å²) in [6.45, 7) is 8.94. The average Bonchev–Trinajstić information content (AvgIpc) is 3.44. The van der Waals surface area contributed by atoms with E-state index in [-0.39, 0.29) is 5.92 Å². The van der Waals surface area contributed by atoms with Crippen molar-refractivity contribution in [3.63, 3.8) is 0 Å². The first-order chi connectivity index (χ1) is 35.9. The maximum atomic E-state index is 2.53. The van der Waals surface area contributed by atoms with Gasteiger partial charge in [-0.2, -0.15) is 0 Å². The molecule has 0 heterocycles. The molecule has 0 aliphatic heterocycles. The molecule has 73 heavy (non-hydrogen) atoms. The molecule has 0 saturated carbocycles. The van der Waals surface area contributed by atoms with Crippen LogP contribution in [-0.2, 0) is 0 Å². The van der Waals surface area contributed by atoms with Gasteiger partial charge in [0.15, 0.2) is 0 Å². The zero-order valence-electron chi connectivity index (χ0n) is 42.0. The van der Waals surface area contributed by atoms with Crippen LogP contribution >= 0.6 is 0 Å². The lowest BCUT2D eigenvalue weighted by Crippen LogP contribution is -2.16. The predicted octanol–water partition coefficient (Wildman–Crippen LogP) is 19.7. The minimum absolute atomic E-state index is 0.239. The summed E-state index contributed by atoms with van der Waals surface area (Å²) in [5, 5.41) is 0. The summed E-state index contributed by atoms with van der Waals surface area (Å²) in [6.07, 6.45) is 7.24. The third kappa shape index (κ3) is 9.79. The molecule has 2 atom stereocenters. The number of hydrogen-bond donors (Lipinski definition) is 0. The Morgan fingerprint density at radius 2 is 0.644 bits per heavy atom. The van der Waals surface area contributed by atoms with Gasteiger partial charge in [-0.1, -0.05) is 187 Å². The highest BCUT2D eigenvalue weighted by atomic mass is 15.2. The summed E-state index contributed by atoms with van der Waals surface area (Å²) < 4.78 is 0. The molecule has 0 spiro atoms. The maximum absolute atomic E-state index is 2.53. The molecule has 354 valence electrons. The fourth-order valence-electron chi connectivity index (χ4n) is 10.4. The lowest BCUT2D eigenvalue weighted by molar-refractivity contribution is 0.637. The van der Waals surface area contributed by atoms with Crippen molar-refractivity contribution >= 4 is 56.8 Å². The number of anilines is 9. The highest BCUT2D eigenvalue weighted by Crippen LogP contribution is 2.49.